The second-order valence-corrected chi connectivity index (χ2v) is 6.52. The zero-order valence-corrected chi connectivity index (χ0v) is 16.0. The minimum atomic E-state index is -0.674. The lowest BCUT2D eigenvalue weighted by Gasteiger charge is -2.13. The average molecular weight is 423 g/mol. The standard InChI is InChI=1S/C17H16Cl2N6O3/c18-10-2-4-14-12(8-10)21-16(24-25(14)27)23-17(26)22-13-9-11(19)3-5-15(13)28-7-1-6-20/h2-5,8-9H,1,6-7,20H2,(H2,21,22,23,24,26). The van der Waals surface area contributed by atoms with E-state index in [1.54, 1.807) is 18.2 Å². The molecule has 4 N–H and O–H groups in total. The Hall–Kier alpha value is -2.88. The molecule has 0 aliphatic carbocycles. The monoisotopic (exact) mass is 422 g/mol. The van der Waals surface area contributed by atoms with Crippen LogP contribution in [0.2, 0.25) is 10.0 Å². The number of nitrogens with one attached hydrogen (secondary N) is 2. The number of carbonyl (C=O) groups excluding carboxylic acids is 1. The average Bonchev–Trinajstić information content (AvgIpc) is 2.63. The van der Waals surface area contributed by atoms with Crippen molar-refractivity contribution in [2.45, 2.75) is 6.42 Å². The zero-order chi connectivity index (χ0) is 20.1. The highest BCUT2D eigenvalue weighted by molar-refractivity contribution is 6.31. The molecule has 0 radical (unpaired) electrons. The van der Waals surface area contributed by atoms with Crippen LogP contribution in [0.4, 0.5) is 16.4 Å². The van der Waals surface area contributed by atoms with Crippen molar-refractivity contribution in [2.75, 3.05) is 23.8 Å². The normalized spacial score (nSPS) is 10.7. The second kappa shape index (κ2) is 8.87. The van der Waals surface area contributed by atoms with Gasteiger partial charge in [0.2, 0.25) is 0 Å². The summed E-state index contributed by atoms with van der Waals surface area (Å²) in [5.74, 6) is 0.244. The van der Waals surface area contributed by atoms with Gasteiger partial charge in [-0.2, -0.15) is 0 Å². The number of hydrogen-bond donors (Lipinski definition) is 3. The molecule has 0 saturated heterocycles. The summed E-state index contributed by atoms with van der Waals surface area (Å²) in [6.07, 6.45) is 0.658. The van der Waals surface area contributed by atoms with E-state index >= 15 is 0 Å². The number of nitrogens with zero attached hydrogens (tertiary/aromatic N) is 3. The van der Waals surface area contributed by atoms with Crippen molar-refractivity contribution < 1.29 is 14.4 Å². The maximum Gasteiger partial charge on any atom is 0.326 e. The number of anilines is 2. The molecule has 1 heterocycles. The molecule has 146 valence electrons. The van der Waals surface area contributed by atoms with Gasteiger partial charge in [0.25, 0.3) is 11.5 Å². The van der Waals surface area contributed by atoms with Gasteiger partial charge in [0.15, 0.2) is 0 Å². The topological polar surface area (TPSA) is 129 Å². The number of aromatic nitrogens is 3. The van der Waals surface area contributed by atoms with Crippen molar-refractivity contribution in [3.63, 3.8) is 0 Å². The summed E-state index contributed by atoms with van der Waals surface area (Å²) >= 11 is 11.9. The minimum absolute atomic E-state index is 0.185. The molecule has 28 heavy (non-hydrogen) atoms. The van der Waals surface area contributed by atoms with Crippen LogP contribution in [-0.2, 0) is 0 Å². The molecule has 2 amide bonds. The molecule has 0 aliphatic rings. The van der Waals surface area contributed by atoms with Gasteiger partial charge in [-0.3, -0.25) is 5.32 Å². The summed E-state index contributed by atoms with van der Waals surface area (Å²) in [6.45, 7) is 0.870. The minimum Gasteiger partial charge on any atom is -0.594 e. The van der Waals surface area contributed by atoms with E-state index in [2.05, 4.69) is 20.7 Å². The smallest absolute Gasteiger partial charge is 0.326 e. The Labute approximate surface area is 170 Å². The predicted octanol–water partition coefficient (Wildman–Crippen LogP) is 2.94. The Morgan fingerprint density at radius 3 is 2.71 bits per heavy atom. The first-order chi connectivity index (χ1) is 13.5. The number of fused-ring (bicyclic) bond motifs is 1. The number of carbonyl (C=O) groups is 1. The number of amides is 2. The highest BCUT2D eigenvalue weighted by Crippen LogP contribution is 2.28. The number of halogens is 2. The van der Waals surface area contributed by atoms with Crippen LogP contribution < -0.4 is 25.9 Å². The molecule has 0 spiro atoms. The fourth-order valence-electron chi connectivity index (χ4n) is 2.32. The molecule has 0 atom stereocenters. The van der Waals surface area contributed by atoms with Gasteiger partial charge in [-0.25, -0.2) is 9.78 Å². The molecule has 0 aliphatic heterocycles. The van der Waals surface area contributed by atoms with Crippen LogP contribution in [0.3, 0.4) is 0 Å². The van der Waals surface area contributed by atoms with E-state index in [-0.39, 0.29) is 11.5 Å². The van der Waals surface area contributed by atoms with E-state index in [1.165, 1.54) is 18.2 Å². The van der Waals surface area contributed by atoms with Crippen LogP contribution in [0, 0.1) is 5.21 Å². The van der Waals surface area contributed by atoms with E-state index in [4.69, 9.17) is 33.7 Å². The third kappa shape index (κ3) is 4.89. The van der Waals surface area contributed by atoms with Gasteiger partial charge < -0.3 is 21.0 Å². The SMILES string of the molecule is NCCCOc1ccc(Cl)cc1NC(=O)Nc1nc2cc(Cl)ccc2[n+]([O-])n1. The first-order valence-electron chi connectivity index (χ1n) is 8.24. The van der Waals surface area contributed by atoms with Crippen molar-refractivity contribution in [3.05, 3.63) is 51.7 Å². The van der Waals surface area contributed by atoms with Gasteiger partial charge in [-0.15, -0.1) is 0 Å². The maximum absolute atomic E-state index is 12.3. The second-order valence-electron chi connectivity index (χ2n) is 5.65. The summed E-state index contributed by atoms with van der Waals surface area (Å²) in [5, 5.41) is 21.5. The number of ether oxygens (including phenoxy) is 1. The number of rotatable bonds is 6. The number of benzene rings is 2. The van der Waals surface area contributed by atoms with Crippen molar-refractivity contribution in [2.24, 2.45) is 5.73 Å². The molecule has 0 fully saturated rings. The summed E-state index contributed by atoms with van der Waals surface area (Å²) in [6, 6.07) is 8.67. The number of urea groups is 1. The van der Waals surface area contributed by atoms with Crippen LogP contribution in [0.5, 0.6) is 5.75 Å². The van der Waals surface area contributed by atoms with Crippen LogP contribution in [-0.4, -0.2) is 29.3 Å². The molecule has 3 rings (SSSR count). The molecule has 0 saturated carbocycles. The molecule has 0 bridgehead atoms. The molecule has 0 unspecified atom stereocenters. The summed E-state index contributed by atoms with van der Waals surface area (Å²) in [7, 11) is 0. The van der Waals surface area contributed by atoms with Crippen molar-refractivity contribution in [3.8, 4) is 5.75 Å². The molecular weight excluding hydrogens is 407 g/mol. The third-order valence-corrected chi connectivity index (χ3v) is 4.05. The van der Waals surface area contributed by atoms with Gasteiger partial charge in [0.05, 0.1) is 17.4 Å². The fraction of sp³-hybridized carbons (Fsp3) is 0.176. The van der Waals surface area contributed by atoms with E-state index in [1.807, 2.05) is 0 Å². The van der Waals surface area contributed by atoms with Crippen molar-refractivity contribution in [1.82, 2.24) is 10.1 Å². The van der Waals surface area contributed by atoms with E-state index in [9.17, 15) is 10.0 Å². The highest BCUT2D eigenvalue weighted by Gasteiger charge is 2.15. The van der Waals surface area contributed by atoms with Gasteiger partial charge in [-0.05, 0) is 48.1 Å². The highest BCUT2D eigenvalue weighted by atomic mass is 35.5. The van der Waals surface area contributed by atoms with E-state index < -0.39 is 6.03 Å². The maximum atomic E-state index is 12.3. The number of hydrogen-bond acceptors (Lipinski definition) is 6. The Bertz CT molecular complexity index is 1020. The fourth-order valence-corrected chi connectivity index (χ4v) is 2.66. The Morgan fingerprint density at radius 1 is 1.18 bits per heavy atom. The lowest BCUT2D eigenvalue weighted by Crippen LogP contribution is -2.34. The van der Waals surface area contributed by atoms with Crippen LogP contribution in [0.25, 0.3) is 11.0 Å². The summed E-state index contributed by atoms with van der Waals surface area (Å²) < 4.78 is 5.59. The molecule has 3 aromatic rings. The molecule has 1 aromatic heterocycles. The molecular formula is C17H16Cl2N6O3. The quantitative estimate of drug-likeness (QED) is 0.318. The van der Waals surface area contributed by atoms with E-state index in [0.717, 1.165) is 0 Å². The lowest BCUT2D eigenvalue weighted by molar-refractivity contribution is -0.641. The Balaban J connectivity index is 1.77. The molecule has 9 nitrogen and oxygen atoms in total. The summed E-state index contributed by atoms with van der Waals surface area (Å²) in [5.41, 5.74) is 6.32. The van der Waals surface area contributed by atoms with E-state index in [0.29, 0.717) is 51.4 Å². The lowest BCUT2D eigenvalue weighted by atomic mass is 10.3. The summed E-state index contributed by atoms with van der Waals surface area (Å²) in [4.78, 5) is 16.8. The van der Waals surface area contributed by atoms with Gasteiger partial charge >= 0.3 is 6.03 Å². The van der Waals surface area contributed by atoms with Gasteiger partial charge in [-0.1, -0.05) is 23.2 Å². The van der Waals surface area contributed by atoms with Crippen molar-refractivity contribution in [1.29, 1.82) is 0 Å². The van der Waals surface area contributed by atoms with Crippen molar-refractivity contribution >= 4 is 51.9 Å². The van der Waals surface area contributed by atoms with Crippen LogP contribution in [0.15, 0.2) is 36.4 Å². The largest absolute Gasteiger partial charge is 0.594 e. The van der Waals surface area contributed by atoms with Gasteiger partial charge in [0.1, 0.15) is 11.3 Å². The van der Waals surface area contributed by atoms with Crippen LogP contribution in [0.1, 0.15) is 6.42 Å². The first-order valence-corrected chi connectivity index (χ1v) is 8.99. The Kier molecular flexibility index (Phi) is 6.30. The molecule has 2 aromatic carbocycles. The predicted molar refractivity (Wildman–Crippen MR) is 107 cm³/mol. The third-order valence-electron chi connectivity index (χ3n) is 3.58. The van der Waals surface area contributed by atoms with Crippen LogP contribution >= 0.6 is 23.2 Å². The Morgan fingerprint density at radius 2 is 1.93 bits per heavy atom. The molecule has 11 heteroatoms. The number of nitrogens with two attached hydrogens (primary N) is 1. The first kappa shape index (κ1) is 19.9. The van der Waals surface area contributed by atoms with Gasteiger partial charge in [0, 0.05) is 16.1 Å². The zero-order valence-electron chi connectivity index (χ0n) is 14.5.